The zero-order valence-corrected chi connectivity index (χ0v) is 24.2. The first-order valence-corrected chi connectivity index (χ1v) is 20.8. The predicted molar refractivity (Wildman–Crippen MR) is 133 cm³/mol. The van der Waals surface area contributed by atoms with Crippen LogP contribution in [0.5, 0.6) is 0 Å². The van der Waals surface area contributed by atoms with Gasteiger partial charge in [-0.15, -0.1) is 0 Å². The molecule has 0 aromatic heterocycles. The standard InChI is InChI=1S/C15H21O3.3C4H9.Sn/c1-6-14(16)9(2)7-15(12-8-13(12,14)5)17-10(3)11(4)18-15;3*1-3-4-2;/h1,6-7,10-12,16H,8H2,2-5H3;3*1,3-4H2,2H3;. The van der Waals surface area contributed by atoms with Crippen LogP contribution in [0.3, 0.4) is 0 Å². The maximum absolute atomic E-state index is 12.1. The van der Waals surface area contributed by atoms with Crippen LogP contribution in [-0.4, -0.2) is 47.1 Å². The topological polar surface area (TPSA) is 38.7 Å². The fourth-order valence-corrected chi connectivity index (χ4v) is 20.5. The van der Waals surface area contributed by atoms with Gasteiger partial charge in [-0.1, -0.05) is 0 Å². The second-order valence-corrected chi connectivity index (χ2v) is 24.2. The molecule has 0 radical (unpaired) electrons. The molecule has 0 aromatic rings. The quantitative estimate of drug-likeness (QED) is 0.224. The van der Waals surface area contributed by atoms with Gasteiger partial charge in [-0.3, -0.25) is 0 Å². The van der Waals surface area contributed by atoms with Crippen LogP contribution < -0.4 is 0 Å². The molecule has 0 bridgehead atoms. The van der Waals surface area contributed by atoms with E-state index in [4.69, 9.17) is 9.47 Å². The van der Waals surface area contributed by atoms with E-state index in [0.29, 0.717) is 0 Å². The number of fused-ring (bicyclic) bond motifs is 2. The van der Waals surface area contributed by atoms with Crippen molar-refractivity contribution in [3.05, 3.63) is 21.8 Å². The van der Waals surface area contributed by atoms with Crippen molar-refractivity contribution in [2.45, 2.75) is 130 Å². The summed E-state index contributed by atoms with van der Waals surface area (Å²) < 4.78 is 19.7. The van der Waals surface area contributed by atoms with Gasteiger partial charge in [-0.25, -0.2) is 0 Å². The normalized spacial score (nSPS) is 39.9. The number of ether oxygens (including phenoxy) is 2. The van der Waals surface area contributed by atoms with Gasteiger partial charge in [0.1, 0.15) is 0 Å². The number of hydrogen-bond donors (Lipinski definition) is 1. The molecule has 4 heteroatoms. The van der Waals surface area contributed by atoms with Crippen LogP contribution in [0.1, 0.15) is 93.4 Å². The first-order valence-electron chi connectivity index (χ1n) is 13.1. The van der Waals surface area contributed by atoms with Crippen LogP contribution in [0.4, 0.5) is 0 Å². The van der Waals surface area contributed by atoms with E-state index in [2.05, 4.69) is 64.7 Å². The van der Waals surface area contributed by atoms with Crippen molar-refractivity contribution in [2.24, 2.45) is 11.3 Å². The van der Waals surface area contributed by atoms with Crippen molar-refractivity contribution in [3.63, 3.8) is 0 Å². The summed E-state index contributed by atoms with van der Waals surface area (Å²) in [7, 11) is 0. The Balaban J connectivity index is 1.92. The van der Waals surface area contributed by atoms with Gasteiger partial charge in [0.2, 0.25) is 0 Å². The molecule has 5 atom stereocenters. The summed E-state index contributed by atoms with van der Waals surface area (Å²) in [5, 5.41) is 12.1. The number of hydrogen-bond acceptors (Lipinski definition) is 3. The Morgan fingerprint density at radius 2 is 1.48 bits per heavy atom. The molecule has 5 unspecified atom stereocenters. The average Bonchev–Trinajstić information content (AvgIpc) is 3.38. The average molecular weight is 539 g/mol. The Hall–Kier alpha value is 0.159. The van der Waals surface area contributed by atoms with E-state index in [9.17, 15) is 5.11 Å². The zero-order valence-electron chi connectivity index (χ0n) is 21.3. The van der Waals surface area contributed by atoms with Crippen molar-refractivity contribution in [3.8, 4) is 0 Å². The molecular weight excluding hydrogens is 491 g/mol. The van der Waals surface area contributed by atoms with Gasteiger partial charge < -0.3 is 0 Å². The molecule has 1 saturated carbocycles. The second kappa shape index (κ2) is 9.80. The van der Waals surface area contributed by atoms with Crippen molar-refractivity contribution < 1.29 is 14.6 Å². The van der Waals surface area contributed by atoms with Crippen molar-refractivity contribution in [1.29, 1.82) is 0 Å². The first kappa shape index (κ1) is 25.8. The molecule has 2 aliphatic carbocycles. The molecule has 31 heavy (non-hydrogen) atoms. The van der Waals surface area contributed by atoms with Gasteiger partial charge in [0.05, 0.1) is 0 Å². The number of unbranched alkanes of at least 4 members (excludes halogenated alkanes) is 3. The van der Waals surface area contributed by atoms with Gasteiger partial charge in [-0.05, 0) is 0 Å². The van der Waals surface area contributed by atoms with E-state index in [1.165, 1.54) is 51.8 Å². The first-order chi connectivity index (χ1) is 14.6. The van der Waals surface area contributed by atoms with Crippen LogP contribution in [-0.2, 0) is 9.47 Å². The summed E-state index contributed by atoms with van der Waals surface area (Å²) >= 11 is -2.46. The summed E-state index contributed by atoms with van der Waals surface area (Å²) in [6, 6.07) is 0. The van der Waals surface area contributed by atoms with E-state index in [0.717, 1.165) is 12.0 Å². The minimum atomic E-state index is -2.46. The van der Waals surface area contributed by atoms with Gasteiger partial charge in [0.15, 0.2) is 0 Å². The van der Waals surface area contributed by atoms with Crippen LogP contribution >= 0.6 is 0 Å². The molecule has 0 aromatic carbocycles. The Morgan fingerprint density at radius 1 is 1.00 bits per heavy atom. The van der Waals surface area contributed by atoms with Crippen LogP contribution in [0, 0.1) is 11.3 Å². The van der Waals surface area contributed by atoms with Gasteiger partial charge in [-0.2, -0.15) is 0 Å². The summed E-state index contributed by atoms with van der Waals surface area (Å²) in [5.41, 5.74) is -0.0374. The third-order valence-electron chi connectivity index (χ3n) is 8.78. The van der Waals surface area contributed by atoms with Gasteiger partial charge in [0, 0.05) is 0 Å². The Kier molecular flexibility index (Phi) is 8.15. The van der Waals surface area contributed by atoms with Crippen molar-refractivity contribution in [2.75, 3.05) is 0 Å². The summed E-state index contributed by atoms with van der Waals surface area (Å²) in [6.45, 7) is 15.5. The number of aliphatic hydroxyl groups is 1. The molecule has 1 heterocycles. The van der Waals surface area contributed by atoms with Crippen LogP contribution in [0.15, 0.2) is 21.8 Å². The van der Waals surface area contributed by atoms with Crippen LogP contribution in [0.2, 0.25) is 13.3 Å². The number of rotatable bonds is 11. The molecule has 1 spiro atoms. The summed E-state index contributed by atoms with van der Waals surface area (Å²) in [6.07, 6.45) is 13.4. The van der Waals surface area contributed by atoms with Gasteiger partial charge >= 0.3 is 196 Å². The Labute approximate surface area is 195 Å². The molecule has 3 aliphatic rings. The van der Waals surface area contributed by atoms with E-state index in [1.54, 1.807) is 0 Å². The predicted octanol–water partition coefficient (Wildman–Crippen LogP) is 7.17. The molecule has 3 rings (SSSR count). The molecule has 1 saturated heterocycles. The van der Waals surface area contributed by atoms with Crippen molar-refractivity contribution in [1.82, 2.24) is 0 Å². The molecule has 1 N–H and O–H groups in total. The minimum absolute atomic E-state index is 0.0941. The third kappa shape index (κ3) is 4.72. The molecule has 3 nitrogen and oxygen atoms in total. The van der Waals surface area contributed by atoms with E-state index < -0.39 is 29.8 Å². The second-order valence-electron chi connectivity index (χ2n) is 11.1. The summed E-state index contributed by atoms with van der Waals surface area (Å²) in [5.74, 6) is -0.401. The van der Waals surface area contributed by atoms with E-state index in [-0.39, 0.29) is 23.5 Å². The van der Waals surface area contributed by atoms with E-state index in [1.807, 2.05) is 0 Å². The fourth-order valence-electron chi connectivity index (χ4n) is 6.20. The molecular formula is C27H48O3Sn. The van der Waals surface area contributed by atoms with Crippen LogP contribution in [0.25, 0.3) is 0 Å². The molecule has 178 valence electrons. The Morgan fingerprint density at radius 3 is 1.94 bits per heavy atom. The molecule has 0 amide bonds. The van der Waals surface area contributed by atoms with E-state index >= 15 is 0 Å². The molecule has 2 fully saturated rings. The third-order valence-corrected chi connectivity index (χ3v) is 22.8. The zero-order chi connectivity index (χ0) is 22.9. The molecule has 1 aliphatic heterocycles. The fraction of sp³-hybridized carbons (Fsp3) is 0.852. The monoisotopic (exact) mass is 540 g/mol. The summed E-state index contributed by atoms with van der Waals surface area (Å²) in [4.78, 5) is 0. The van der Waals surface area contributed by atoms with Crippen molar-refractivity contribution >= 4 is 18.4 Å². The Bertz CT molecular complexity index is 654. The maximum atomic E-state index is 12.1. The SMILES string of the molecule is CCC[CH2][Sn](/[CH]=C/C1(O)C(C)=CC2(OC(C)C(C)O2)C2CC21C)([CH2]CCC)[CH2]CCC. The van der Waals surface area contributed by atoms with Gasteiger partial charge in [0.25, 0.3) is 0 Å².